The molecule has 3 atom stereocenters. The van der Waals surface area contributed by atoms with Gasteiger partial charge in [0.2, 0.25) is 5.91 Å². The lowest BCUT2D eigenvalue weighted by Gasteiger charge is -2.48. The number of para-hydroxylation sites is 2. The summed E-state index contributed by atoms with van der Waals surface area (Å²) in [5.74, 6) is -0.264. The van der Waals surface area contributed by atoms with E-state index in [-0.39, 0.29) is 29.4 Å². The topological polar surface area (TPSA) is 81.0 Å². The van der Waals surface area contributed by atoms with Gasteiger partial charge >= 0.3 is 0 Å². The molecule has 1 saturated heterocycles. The first-order valence-corrected chi connectivity index (χ1v) is 12.2. The molecule has 6 heteroatoms. The fourth-order valence-electron chi connectivity index (χ4n) is 4.97. The van der Waals surface area contributed by atoms with Gasteiger partial charge in [0.05, 0.1) is 18.1 Å². The Morgan fingerprint density at radius 1 is 0.806 bits per heavy atom. The Morgan fingerprint density at radius 3 is 2.25 bits per heavy atom. The minimum atomic E-state index is -0.736. The van der Waals surface area contributed by atoms with Gasteiger partial charge in [0, 0.05) is 21.8 Å². The lowest BCUT2D eigenvalue weighted by atomic mass is 9.78. The Kier molecular flexibility index (Phi) is 6.68. The van der Waals surface area contributed by atoms with Crippen LogP contribution in [0.3, 0.4) is 0 Å². The van der Waals surface area contributed by atoms with Gasteiger partial charge in [0.1, 0.15) is 11.5 Å². The first-order chi connectivity index (χ1) is 17.4. The fourth-order valence-corrected chi connectivity index (χ4v) is 5.17. The lowest BCUT2D eigenvalue weighted by Crippen LogP contribution is -2.55. The van der Waals surface area contributed by atoms with E-state index in [4.69, 9.17) is 11.6 Å². The molecule has 36 heavy (non-hydrogen) atoms. The molecule has 0 spiro atoms. The van der Waals surface area contributed by atoms with E-state index in [1.54, 1.807) is 59.5 Å². The van der Waals surface area contributed by atoms with E-state index >= 15 is 0 Å². The molecular weight excluding hydrogens is 474 g/mol. The lowest BCUT2D eigenvalue weighted by molar-refractivity contribution is -0.131. The van der Waals surface area contributed by atoms with E-state index in [0.29, 0.717) is 29.0 Å². The number of phenols is 2. The molecule has 1 aliphatic rings. The molecule has 0 radical (unpaired) electrons. The van der Waals surface area contributed by atoms with Crippen LogP contribution in [0.25, 0.3) is 11.1 Å². The number of aromatic hydroxyl groups is 2. The van der Waals surface area contributed by atoms with Crippen LogP contribution in [-0.2, 0) is 4.79 Å². The summed E-state index contributed by atoms with van der Waals surface area (Å²) in [6.45, 7) is 0. The summed E-state index contributed by atoms with van der Waals surface area (Å²) < 4.78 is 0. The number of β-lactam (4-membered cyclic amide) rings is 1. The summed E-state index contributed by atoms with van der Waals surface area (Å²) in [4.78, 5) is 15.0. The fraction of sp³-hybridized carbons (Fsp3) is 0.167. The van der Waals surface area contributed by atoms with Gasteiger partial charge in [-0.1, -0.05) is 72.3 Å². The van der Waals surface area contributed by atoms with E-state index in [2.05, 4.69) is 0 Å². The standard InChI is InChI=1S/C30H26ClNO4/c31-21-8-6-7-19(17-21)26(33)16-15-25-29(32(30(25)36)22-9-2-1-3-10-22)20-13-14-24(28(35)18-20)23-11-4-5-12-27(23)34/h1-14,17-18,25-26,29,33-35H,15-16H2/t25-,26+,29-/m1/s1. The van der Waals surface area contributed by atoms with Crippen LogP contribution in [0.2, 0.25) is 5.02 Å². The summed E-state index contributed by atoms with van der Waals surface area (Å²) in [7, 11) is 0. The highest BCUT2D eigenvalue weighted by Crippen LogP contribution is 2.48. The number of hydrogen-bond donors (Lipinski definition) is 3. The summed E-state index contributed by atoms with van der Waals surface area (Å²) >= 11 is 6.07. The SMILES string of the molecule is O=C1[C@H](CC[C@H](O)c2cccc(Cl)c2)[C@@H](c2ccc(-c3ccccc3O)c(O)c2)N1c1ccccc1. The monoisotopic (exact) mass is 499 g/mol. The number of amides is 1. The molecule has 5 nitrogen and oxygen atoms in total. The molecule has 182 valence electrons. The summed E-state index contributed by atoms with van der Waals surface area (Å²) in [6.07, 6.45) is 0.139. The minimum Gasteiger partial charge on any atom is -0.507 e. The van der Waals surface area contributed by atoms with Crippen molar-refractivity contribution in [2.45, 2.75) is 25.0 Å². The predicted molar refractivity (Wildman–Crippen MR) is 141 cm³/mol. The molecule has 1 aliphatic heterocycles. The Morgan fingerprint density at radius 2 is 1.53 bits per heavy atom. The molecule has 0 unspecified atom stereocenters. The first kappa shape index (κ1) is 23.9. The molecule has 1 fully saturated rings. The molecule has 0 aromatic heterocycles. The van der Waals surface area contributed by atoms with Gasteiger partial charge in [-0.3, -0.25) is 4.79 Å². The Hall–Kier alpha value is -3.80. The van der Waals surface area contributed by atoms with E-state index in [1.807, 2.05) is 42.5 Å². The van der Waals surface area contributed by atoms with Crippen molar-refractivity contribution in [1.82, 2.24) is 0 Å². The van der Waals surface area contributed by atoms with Gasteiger partial charge in [-0.15, -0.1) is 0 Å². The zero-order valence-corrected chi connectivity index (χ0v) is 20.2. The second kappa shape index (κ2) is 10.1. The minimum absolute atomic E-state index is 0.0197. The van der Waals surface area contributed by atoms with Crippen molar-refractivity contribution in [2.24, 2.45) is 5.92 Å². The van der Waals surface area contributed by atoms with Gasteiger partial charge in [-0.2, -0.15) is 0 Å². The van der Waals surface area contributed by atoms with Gasteiger partial charge in [0.15, 0.2) is 0 Å². The smallest absolute Gasteiger partial charge is 0.233 e. The normalized spacial score (nSPS) is 18.1. The van der Waals surface area contributed by atoms with Crippen molar-refractivity contribution in [3.05, 3.63) is 113 Å². The molecule has 0 aliphatic carbocycles. The predicted octanol–water partition coefficient (Wildman–Crippen LogP) is 6.64. The number of carbonyl (C=O) groups excluding carboxylic acids is 1. The van der Waals surface area contributed by atoms with E-state index in [9.17, 15) is 20.1 Å². The van der Waals surface area contributed by atoms with Crippen LogP contribution < -0.4 is 4.90 Å². The quantitative estimate of drug-likeness (QED) is 0.249. The number of halogens is 1. The third-order valence-electron chi connectivity index (χ3n) is 6.79. The number of nitrogens with zero attached hydrogens (tertiary/aromatic N) is 1. The number of benzene rings is 4. The highest BCUT2D eigenvalue weighted by atomic mass is 35.5. The third-order valence-corrected chi connectivity index (χ3v) is 7.03. The second-order valence-corrected chi connectivity index (χ2v) is 9.47. The first-order valence-electron chi connectivity index (χ1n) is 11.9. The molecule has 5 rings (SSSR count). The van der Waals surface area contributed by atoms with Crippen molar-refractivity contribution in [3.63, 3.8) is 0 Å². The average molecular weight is 500 g/mol. The number of phenolic OH excluding ortho intramolecular Hbond substituents is 2. The van der Waals surface area contributed by atoms with Crippen LogP contribution in [-0.4, -0.2) is 21.2 Å². The third kappa shape index (κ3) is 4.55. The zero-order chi connectivity index (χ0) is 25.2. The summed E-state index contributed by atoms with van der Waals surface area (Å²) in [5, 5.41) is 32.4. The van der Waals surface area contributed by atoms with Gasteiger partial charge in [-0.05, 0) is 60.4 Å². The summed E-state index contributed by atoms with van der Waals surface area (Å²) in [6, 6.07) is 28.4. The van der Waals surface area contributed by atoms with Crippen LogP contribution >= 0.6 is 11.6 Å². The van der Waals surface area contributed by atoms with Crippen LogP contribution in [0.15, 0.2) is 97.1 Å². The van der Waals surface area contributed by atoms with E-state index in [1.165, 1.54) is 0 Å². The summed E-state index contributed by atoms with van der Waals surface area (Å²) in [5.41, 5.74) is 3.34. The number of carbonyl (C=O) groups is 1. The van der Waals surface area contributed by atoms with Crippen molar-refractivity contribution in [1.29, 1.82) is 0 Å². The maximum absolute atomic E-state index is 13.3. The molecule has 3 N–H and O–H groups in total. The van der Waals surface area contributed by atoms with Crippen LogP contribution in [0.5, 0.6) is 11.5 Å². The maximum Gasteiger partial charge on any atom is 0.233 e. The number of anilines is 1. The molecule has 4 aromatic rings. The van der Waals surface area contributed by atoms with Crippen molar-refractivity contribution >= 4 is 23.2 Å². The number of hydrogen-bond acceptors (Lipinski definition) is 4. The van der Waals surface area contributed by atoms with E-state index < -0.39 is 6.10 Å². The highest BCUT2D eigenvalue weighted by Gasteiger charge is 2.48. The Bertz CT molecular complexity index is 1390. The molecule has 4 aromatic carbocycles. The largest absolute Gasteiger partial charge is 0.507 e. The van der Waals surface area contributed by atoms with Crippen LogP contribution in [0, 0.1) is 5.92 Å². The van der Waals surface area contributed by atoms with Gasteiger partial charge < -0.3 is 20.2 Å². The van der Waals surface area contributed by atoms with Crippen LogP contribution in [0.1, 0.15) is 36.1 Å². The molecule has 1 amide bonds. The molecule has 0 saturated carbocycles. The number of rotatable bonds is 7. The Labute approximate surface area is 214 Å². The second-order valence-electron chi connectivity index (χ2n) is 9.04. The zero-order valence-electron chi connectivity index (χ0n) is 19.5. The molecule has 1 heterocycles. The van der Waals surface area contributed by atoms with Gasteiger partial charge in [0.25, 0.3) is 0 Å². The Balaban J connectivity index is 1.44. The van der Waals surface area contributed by atoms with Gasteiger partial charge in [-0.25, -0.2) is 0 Å². The van der Waals surface area contributed by atoms with Crippen molar-refractivity contribution in [3.8, 4) is 22.6 Å². The number of aliphatic hydroxyl groups excluding tert-OH is 1. The highest BCUT2D eigenvalue weighted by molar-refractivity contribution is 6.30. The maximum atomic E-state index is 13.3. The molecule has 0 bridgehead atoms. The average Bonchev–Trinajstić information content (AvgIpc) is 2.88. The van der Waals surface area contributed by atoms with Crippen LogP contribution in [0.4, 0.5) is 5.69 Å². The number of aliphatic hydroxyl groups is 1. The molecular formula is C30H26ClNO4. The van der Waals surface area contributed by atoms with E-state index in [0.717, 1.165) is 16.8 Å². The van der Waals surface area contributed by atoms with Crippen molar-refractivity contribution < 1.29 is 20.1 Å². The van der Waals surface area contributed by atoms with Crippen molar-refractivity contribution in [2.75, 3.05) is 4.90 Å².